The molecule has 3 aromatic rings. The van der Waals surface area contributed by atoms with Crippen molar-refractivity contribution in [3.05, 3.63) is 60.0 Å². The Labute approximate surface area is 132 Å². The minimum atomic E-state index is -0.267. The maximum absolute atomic E-state index is 12.2. The van der Waals surface area contributed by atoms with E-state index in [0.717, 1.165) is 23.1 Å². The topological polar surface area (TPSA) is 79.9 Å². The molecule has 0 saturated carbocycles. The van der Waals surface area contributed by atoms with Gasteiger partial charge in [0.25, 0.3) is 5.91 Å². The highest BCUT2D eigenvalue weighted by Crippen LogP contribution is 2.38. The quantitative estimate of drug-likeness (QED) is 0.779. The van der Waals surface area contributed by atoms with E-state index < -0.39 is 0 Å². The van der Waals surface area contributed by atoms with E-state index in [9.17, 15) is 4.79 Å². The Kier molecular flexibility index (Phi) is 3.27. The SMILES string of the molecule is O=C(Nc1ncc(-c2ccccc2)c2c1OCC2)c1cn[nH]c1. The number of carbonyl (C=O) groups is 1. The van der Waals surface area contributed by atoms with Gasteiger partial charge in [-0.05, 0) is 5.56 Å². The summed E-state index contributed by atoms with van der Waals surface area (Å²) in [6, 6.07) is 10.0. The van der Waals surface area contributed by atoms with Gasteiger partial charge in [-0.3, -0.25) is 9.89 Å². The third-order valence-electron chi connectivity index (χ3n) is 3.81. The summed E-state index contributed by atoms with van der Waals surface area (Å²) in [5, 5.41) is 9.18. The third kappa shape index (κ3) is 2.44. The van der Waals surface area contributed by atoms with Gasteiger partial charge in [0.1, 0.15) is 0 Å². The molecule has 1 aliphatic heterocycles. The summed E-state index contributed by atoms with van der Waals surface area (Å²) in [6.07, 6.45) is 5.59. The average Bonchev–Trinajstić information content (AvgIpc) is 3.28. The van der Waals surface area contributed by atoms with E-state index >= 15 is 0 Å². The summed E-state index contributed by atoms with van der Waals surface area (Å²) in [5.74, 6) is 0.836. The van der Waals surface area contributed by atoms with Gasteiger partial charge in [-0.2, -0.15) is 5.10 Å². The average molecular weight is 306 g/mol. The molecule has 0 atom stereocenters. The second kappa shape index (κ2) is 5.57. The molecular weight excluding hydrogens is 292 g/mol. The zero-order chi connectivity index (χ0) is 15.6. The highest BCUT2D eigenvalue weighted by atomic mass is 16.5. The summed E-state index contributed by atoms with van der Waals surface area (Å²) in [4.78, 5) is 16.6. The number of carbonyl (C=O) groups excluding carboxylic acids is 1. The van der Waals surface area contributed by atoms with Gasteiger partial charge in [0, 0.05) is 29.9 Å². The number of aromatic nitrogens is 3. The number of ether oxygens (including phenoxy) is 1. The van der Waals surface area contributed by atoms with E-state index in [4.69, 9.17) is 4.74 Å². The number of aromatic amines is 1. The Morgan fingerprint density at radius 3 is 2.87 bits per heavy atom. The maximum atomic E-state index is 12.2. The fourth-order valence-corrected chi connectivity index (χ4v) is 2.70. The lowest BCUT2D eigenvalue weighted by molar-refractivity contribution is 0.102. The van der Waals surface area contributed by atoms with Crippen LogP contribution in [0.2, 0.25) is 0 Å². The molecule has 0 fully saturated rings. The smallest absolute Gasteiger partial charge is 0.260 e. The van der Waals surface area contributed by atoms with Gasteiger partial charge < -0.3 is 10.1 Å². The first-order valence-electron chi connectivity index (χ1n) is 7.33. The van der Waals surface area contributed by atoms with E-state index in [-0.39, 0.29) is 5.91 Å². The Bertz CT molecular complexity index is 845. The predicted octanol–water partition coefficient (Wildman–Crippen LogP) is 2.66. The molecule has 114 valence electrons. The molecule has 3 heterocycles. The summed E-state index contributed by atoms with van der Waals surface area (Å²) in [7, 11) is 0. The number of fused-ring (bicyclic) bond motifs is 1. The molecule has 0 bridgehead atoms. The molecule has 0 saturated heterocycles. The fourth-order valence-electron chi connectivity index (χ4n) is 2.70. The van der Waals surface area contributed by atoms with Crippen molar-refractivity contribution >= 4 is 11.7 Å². The van der Waals surface area contributed by atoms with Crippen LogP contribution in [0.15, 0.2) is 48.9 Å². The number of rotatable bonds is 3. The molecular formula is C17H14N4O2. The number of pyridine rings is 1. The van der Waals surface area contributed by atoms with Gasteiger partial charge in [0.05, 0.1) is 18.4 Å². The first kappa shape index (κ1) is 13.5. The van der Waals surface area contributed by atoms with Gasteiger partial charge in [0.15, 0.2) is 11.6 Å². The Hall–Kier alpha value is -3.15. The number of H-pyrrole nitrogens is 1. The molecule has 4 rings (SSSR count). The molecule has 6 nitrogen and oxygen atoms in total. The van der Waals surface area contributed by atoms with Gasteiger partial charge in [-0.15, -0.1) is 0 Å². The van der Waals surface area contributed by atoms with Crippen LogP contribution < -0.4 is 10.1 Å². The van der Waals surface area contributed by atoms with Gasteiger partial charge in [-0.1, -0.05) is 30.3 Å². The standard InChI is InChI=1S/C17H14N4O2/c22-17(12-8-19-20-9-12)21-16-15-13(6-7-23-15)14(10-18-16)11-4-2-1-3-5-11/h1-5,8-10H,6-7H2,(H,19,20)(H,18,21,22). The van der Waals surface area contributed by atoms with Crippen molar-refractivity contribution in [3.8, 4) is 16.9 Å². The number of hydrogen-bond donors (Lipinski definition) is 2. The molecule has 0 spiro atoms. The molecule has 0 aliphatic carbocycles. The van der Waals surface area contributed by atoms with Crippen molar-refractivity contribution in [2.75, 3.05) is 11.9 Å². The first-order chi connectivity index (χ1) is 11.3. The second-order valence-corrected chi connectivity index (χ2v) is 5.23. The molecule has 2 aromatic heterocycles. The van der Waals surface area contributed by atoms with E-state index in [1.54, 1.807) is 6.20 Å². The second-order valence-electron chi connectivity index (χ2n) is 5.23. The van der Waals surface area contributed by atoms with Gasteiger partial charge in [0.2, 0.25) is 0 Å². The van der Waals surface area contributed by atoms with Crippen molar-refractivity contribution in [1.82, 2.24) is 15.2 Å². The number of benzene rings is 1. The normalized spacial score (nSPS) is 12.5. The number of nitrogens with one attached hydrogen (secondary N) is 2. The van der Waals surface area contributed by atoms with Gasteiger partial charge in [-0.25, -0.2) is 4.98 Å². The molecule has 0 radical (unpaired) electrons. The minimum Gasteiger partial charge on any atom is -0.489 e. The van der Waals surface area contributed by atoms with Crippen LogP contribution in [0.1, 0.15) is 15.9 Å². The van der Waals surface area contributed by atoms with Crippen molar-refractivity contribution < 1.29 is 9.53 Å². The number of amides is 1. The zero-order valence-electron chi connectivity index (χ0n) is 12.2. The number of anilines is 1. The zero-order valence-corrected chi connectivity index (χ0v) is 12.2. The maximum Gasteiger partial charge on any atom is 0.260 e. The summed E-state index contributed by atoms with van der Waals surface area (Å²) in [5.41, 5.74) is 3.66. The van der Waals surface area contributed by atoms with Crippen molar-refractivity contribution in [2.24, 2.45) is 0 Å². The van der Waals surface area contributed by atoms with E-state index in [0.29, 0.717) is 23.7 Å². The van der Waals surface area contributed by atoms with Crippen LogP contribution in [0, 0.1) is 0 Å². The Balaban J connectivity index is 1.71. The predicted molar refractivity (Wildman–Crippen MR) is 85.4 cm³/mol. The number of nitrogens with zero attached hydrogens (tertiary/aromatic N) is 2. The lowest BCUT2D eigenvalue weighted by Gasteiger charge is -2.11. The van der Waals surface area contributed by atoms with Crippen LogP contribution >= 0.6 is 0 Å². The molecule has 23 heavy (non-hydrogen) atoms. The van der Waals surface area contributed by atoms with Gasteiger partial charge >= 0.3 is 0 Å². The van der Waals surface area contributed by atoms with E-state index in [1.807, 2.05) is 30.3 Å². The van der Waals surface area contributed by atoms with Crippen molar-refractivity contribution in [3.63, 3.8) is 0 Å². The third-order valence-corrected chi connectivity index (χ3v) is 3.81. The largest absolute Gasteiger partial charge is 0.489 e. The van der Waals surface area contributed by atoms with Crippen molar-refractivity contribution in [2.45, 2.75) is 6.42 Å². The Morgan fingerprint density at radius 2 is 2.09 bits per heavy atom. The molecule has 6 heteroatoms. The summed E-state index contributed by atoms with van der Waals surface area (Å²) >= 11 is 0. The van der Waals surface area contributed by atoms with Crippen molar-refractivity contribution in [1.29, 1.82) is 0 Å². The van der Waals surface area contributed by atoms with Crippen LogP contribution in [0.4, 0.5) is 5.82 Å². The molecule has 1 aliphatic rings. The molecule has 1 amide bonds. The van der Waals surface area contributed by atoms with Crippen LogP contribution in [0.5, 0.6) is 5.75 Å². The summed E-state index contributed by atoms with van der Waals surface area (Å²) < 4.78 is 5.71. The lowest BCUT2D eigenvalue weighted by Crippen LogP contribution is -2.13. The highest BCUT2D eigenvalue weighted by Gasteiger charge is 2.23. The monoisotopic (exact) mass is 306 g/mol. The first-order valence-corrected chi connectivity index (χ1v) is 7.33. The molecule has 0 unspecified atom stereocenters. The Morgan fingerprint density at radius 1 is 1.22 bits per heavy atom. The van der Waals surface area contributed by atoms with E-state index in [2.05, 4.69) is 20.5 Å². The van der Waals surface area contributed by atoms with Crippen LogP contribution in [0.25, 0.3) is 11.1 Å². The molecule has 2 N–H and O–H groups in total. The van der Waals surface area contributed by atoms with Crippen LogP contribution in [0.3, 0.4) is 0 Å². The van der Waals surface area contributed by atoms with Crippen LogP contribution in [-0.2, 0) is 6.42 Å². The highest BCUT2D eigenvalue weighted by molar-refractivity contribution is 6.04. The molecule has 1 aromatic carbocycles. The number of hydrogen-bond acceptors (Lipinski definition) is 4. The minimum absolute atomic E-state index is 0.267. The van der Waals surface area contributed by atoms with Crippen LogP contribution in [-0.4, -0.2) is 27.7 Å². The lowest BCUT2D eigenvalue weighted by atomic mass is 10.0. The summed E-state index contributed by atoms with van der Waals surface area (Å²) in [6.45, 7) is 0.593. The van der Waals surface area contributed by atoms with E-state index in [1.165, 1.54) is 12.4 Å². The fraction of sp³-hybridized carbons (Fsp3) is 0.118.